The zero-order valence-corrected chi connectivity index (χ0v) is 16.1. The molecule has 8 heteroatoms. The van der Waals surface area contributed by atoms with Crippen molar-refractivity contribution in [3.05, 3.63) is 11.9 Å². The molecule has 1 aromatic rings. The number of hydrogen-bond donors (Lipinski definition) is 0. The molecule has 0 unspecified atom stereocenters. The number of piperidine rings is 1. The minimum Gasteiger partial charge on any atom is -0.297 e. The van der Waals surface area contributed by atoms with Gasteiger partial charge in [-0.05, 0) is 45.2 Å². The Bertz CT molecular complexity index is 629. The predicted molar refractivity (Wildman–Crippen MR) is 97.7 cm³/mol. The molecular weight excluding hydrogens is 338 g/mol. The van der Waals surface area contributed by atoms with Crippen LogP contribution in [-0.4, -0.2) is 64.5 Å². The van der Waals surface area contributed by atoms with Crippen LogP contribution in [0.4, 0.5) is 0 Å². The third kappa shape index (κ3) is 5.01. The molecule has 0 atom stereocenters. The van der Waals surface area contributed by atoms with Crippen LogP contribution in [0.2, 0.25) is 0 Å². The highest BCUT2D eigenvalue weighted by Gasteiger charge is 2.28. The van der Waals surface area contributed by atoms with Crippen LogP contribution < -0.4 is 0 Å². The standard InChI is InChI=1S/C17H31N5O2S/c1-2-13-25(23,24)21-11-7-17(8-12-21)22-15-16(18-19-22)14-20-9-5-3-4-6-10-20/h15,17H,2-14H2,1H3. The number of likely N-dealkylation sites (tertiary alicyclic amines) is 1. The number of sulfonamides is 1. The third-order valence-electron chi connectivity index (χ3n) is 5.30. The summed E-state index contributed by atoms with van der Waals surface area (Å²) >= 11 is 0. The highest BCUT2D eigenvalue weighted by atomic mass is 32.2. The fraction of sp³-hybridized carbons (Fsp3) is 0.882. The first-order valence-corrected chi connectivity index (χ1v) is 11.3. The molecule has 3 rings (SSSR count). The van der Waals surface area contributed by atoms with Crippen LogP contribution in [0, 0.1) is 0 Å². The summed E-state index contributed by atoms with van der Waals surface area (Å²) in [7, 11) is -3.08. The third-order valence-corrected chi connectivity index (χ3v) is 7.37. The van der Waals surface area contributed by atoms with Crippen molar-refractivity contribution in [2.75, 3.05) is 31.9 Å². The second kappa shape index (κ2) is 8.60. The van der Waals surface area contributed by atoms with Gasteiger partial charge in [0.2, 0.25) is 10.0 Å². The van der Waals surface area contributed by atoms with E-state index in [1.54, 1.807) is 4.31 Å². The molecule has 7 nitrogen and oxygen atoms in total. The molecule has 1 aromatic heterocycles. The predicted octanol–water partition coefficient (Wildman–Crippen LogP) is 2.03. The van der Waals surface area contributed by atoms with Crippen LogP contribution in [0.3, 0.4) is 0 Å². The van der Waals surface area contributed by atoms with Gasteiger partial charge >= 0.3 is 0 Å². The van der Waals surface area contributed by atoms with Crippen molar-refractivity contribution < 1.29 is 8.42 Å². The van der Waals surface area contributed by atoms with Crippen molar-refractivity contribution in [1.82, 2.24) is 24.2 Å². The minimum atomic E-state index is -3.08. The van der Waals surface area contributed by atoms with Gasteiger partial charge in [-0.25, -0.2) is 17.4 Å². The molecule has 0 spiro atoms. The molecule has 2 aliphatic heterocycles. The largest absolute Gasteiger partial charge is 0.297 e. The van der Waals surface area contributed by atoms with E-state index in [-0.39, 0.29) is 11.8 Å². The van der Waals surface area contributed by atoms with Gasteiger partial charge in [-0.3, -0.25) is 4.90 Å². The van der Waals surface area contributed by atoms with Crippen LogP contribution in [-0.2, 0) is 16.6 Å². The molecule has 3 heterocycles. The Kier molecular flexibility index (Phi) is 6.46. The molecule has 2 saturated heterocycles. The number of nitrogens with zero attached hydrogens (tertiary/aromatic N) is 5. The van der Waals surface area contributed by atoms with Gasteiger partial charge in [-0.2, -0.15) is 0 Å². The van der Waals surface area contributed by atoms with Crippen molar-refractivity contribution in [2.24, 2.45) is 0 Å². The lowest BCUT2D eigenvalue weighted by molar-refractivity contribution is 0.258. The molecule has 0 bridgehead atoms. The lowest BCUT2D eigenvalue weighted by Gasteiger charge is -2.30. The molecule has 2 fully saturated rings. The van der Waals surface area contributed by atoms with Gasteiger partial charge in [-0.1, -0.05) is 25.0 Å². The highest BCUT2D eigenvalue weighted by molar-refractivity contribution is 7.89. The molecule has 0 amide bonds. The molecule has 0 saturated carbocycles. The molecule has 0 aliphatic carbocycles. The average Bonchev–Trinajstić information content (AvgIpc) is 2.91. The van der Waals surface area contributed by atoms with Gasteiger partial charge < -0.3 is 0 Å². The zero-order chi connectivity index (χ0) is 17.7. The van der Waals surface area contributed by atoms with Crippen LogP contribution >= 0.6 is 0 Å². The Morgan fingerprint density at radius 3 is 2.40 bits per heavy atom. The van der Waals surface area contributed by atoms with E-state index in [2.05, 4.69) is 21.4 Å². The summed E-state index contributed by atoms with van der Waals surface area (Å²) in [6.45, 7) is 6.28. The van der Waals surface area contributed by atoms with Gasteiger partial charge in [0.25, 0.3) is 0 Å². The minimum absolute atomic E-state index is 0.251. The van der Waals surface area contributed by atoms with E-state index in [9.17, 15) is 8.42 Å². The normalized spacial score (nSPS) is 22.1. The maximum Gasteiger partial charge on any atom is 0.214 e. The van der Waals surface area contributed by atoms with E-state index >= 15 is 0 Å². The lowest BCUT2D eigenvalue weighted by atomic mass is 10.1. The second-order valence-electron chi connectivity index (χ2n) is 7.33. The van der Waals surface area contributed by atoms with Crippen LogP contribution in [0.5, 0.6) is 0 Å². The first-order valence-electron chi connectivity index (χ1n) is 9.69. The summed E-state index contributed by atoms with van der Waals surface area (Å²) < 4.78 is 27.9. The molecule has 0 radical (unpaired) electrons. The van der Waals surface area contributed by atoms with Crippen LogP contribution in [0.1, 0.15) is 63.6 Å². The molecule has 0 aromatic carbocycles. The van der Waals surface area contributed by atoms with E-state index < -0.39 is 10.0 Å². The van der Waals surface area contributed by atoms with Crippen molar-refractivity contribution in [3.8, 4) is 0 Å². The van der Waals surface area contributed by atoms with Gasteiger partial charge in [-0.15, -0.1) is 5.10 Å². The summed E-state index contributed by atoms with van der Waals surface area (Å²) in [6.07, 6.45) is 9.59. The Hall–Kier alpha value is -0.990. The average molecular weight is 370 g/mol. The van der Waals surface area contributed by atoms with Crippen LogP contribution in [0.15, 0.2) is 6.20 Å². The summed E-state index contributed by atoms with van der Waals surface area (Å²) in [5.74, 6) is 0.251. The Morgan fingerprint density at radius 1 is 1.08 bits per heavy atom. The van der Waals surface area contributed by atoms with Crippen molar-refractivity contribution in [1.29, 1.82) is 0 Å². The fourth-order valence-corrected chi connectivity index (χ4v) is 5.40. The Labute approximate surface area is 151 Å². The monoisotopic (exact) mass is 369 g/mol. The van der Waals surface area contributed by atoms with E-state index in [0.717, 1.165) is 38.2 Å². The van der Waals surface area contributed by atoms with E-state index in [1.807, 2.05) is 11.6 Å². The molecule has 0 N–H and O–H groups in total. The number of hydrogen-bond acceptors (Lipinski definition) is 5. The summed E-state index contributed by atoms with van der Waals surface area (Å²) in [5.41, 5.74) is 1.03. The van der Waals surface area contributed by atoms with Gasteiger partial charge in [0.15, 0.2) is 0 Å². The molecule has 25 heavy (non-hydrogen) atoms. The summed E-state index contributed by atoms with van der Waals surface area (Å²) in [4.78, 5) is 2.47. The van der Waals surface area contributed by atoms with E-state index in [1.165, 1.54) is 25.7 Å². The van der Waals surface area contributed by atoms with Gasteiger partial charge in [0, 0.05) is 19.6 Å². The van der Waals surface area contributed by atoms with E-state index in [4.69, 9.17) is 0 Å². The van der Waals surface area contributed by atoms with Crippen LogP contribution in [0.25, 0.3) is 0 Å². The topological polar surface area (TPSA) is 71.3 Å². The maximum absolute atomic E-state index is 12.2. The summed E-state index contributed by atoms with van der Waals surface area (Å²) in [6, 6.07) is 0.262. The SMILES string of the molecule is CCCS(=O)(=O)N1CCC(n2cc(CN3CCCCCC3)nn2)CC1. The van der Waals surface area contributed by atoms with Gasteiger partial charge in [0.1, 0.15) is 0 Å². The lowest BCUT2D eigenvalue weighted by Crippen LogP contribution is -2.40. The molecular formula is C17H31N5O2S. The van der Waals surface area contributed by atoms with Gasteiger partial charge in [0.05, 0.1) is 23.7 Å². The fourth-order valence-electron chi connectivity index (χ4n) is 3.86. The molecule has 142 valence electrons. The van der Waals surface area contributed by atoms with Crippen molar-refractivity contribution in [3.63, 3.8) is 0 Å². The zero-order valence-electron chi connectivity index (χ0n) is 15.3. The number of rotatable bonds is 6. The molecule has 2 aliphatic rings. The Morgan fingerprint density at radius 2 is 1.76 bits per heavy atom. The van der Waals surface area contributed by atoms with Crippen molar-refractivity contribution in [2.45, 2.75) is 64.5 Å². The number of aromatic nitrogens is 3. The first-order chi connectivity index (χ1) is 12.1. The first kappa shape index (κ1) is 18.8. The van der Waals surface area contributed by atoms with E-state index in [0.29, 0.717) is 19.5 Å². The Balaban J connectivity index is 1.53. The summed E-state index contributed by atoms with van der Waals surface area (Å²) in [5, 5.41) is 8.68. The van der Waals surface area contributed by atoms with Crippen molar-refractivity contribution >= 4 is 10.0 Å². The maximum atomic E-state index is 12.2. The quantitative estimate of drug-likeness (QED) is 0.767. The second-order valence-corrected chi connectivity index (χ2v) is 9.41. The highest BCUT2D eigenvalue weighted by Crippen LogP contribution is 2.24. The smallest absolute Gasteiger partial charge is 0.214 e.